The third kappa shape index (κ3) is 4.71. The molecule has 2 nitrogen and oxygen atoms in total. The highest BCUT2D eigenvalue weighted by atomic mass is 35.5. The number of hydrogen-bond acceptors (Lipinski definition) is 2. The van der Waals surface area contributed by atoms with Gasteiger partial charge in [-0.05, 0) is 48.2 Å². The maximum atomic E-state index is 6.18. The van der Waals surface area contributed by atoms with Crippen molar-refractivity contribution in [3.8, 4) is 5.75 Å². The van der Waals surface area contributed by atoms with Crippen LogP contribution in [0.5, 0.6) is 5.75 Å². The third-order valence-corrected chi connectivity index (χ3v) is 3.45. The van der Waals surface area contributed by atoms with Crippen LogP contribution in [0, 0.1) is 0 Å². The zero-order chi connectivity index (χ0) is 13.7. The first kappa shape index (κ1) is 16.8. The Morgan fingerprint density at radius 3 is 2.20 bits per heavy atom. The quantitative estimate of drug-likeness (QED) is 0.888. The predicted molar refractivity (Wildman–Crippen MR) is 86.9 cm³/mol. The first-order valence-corrected chi connectivity index (χ1v) is 6.71. The molecule has 2 aromatic carbocycles. The van der Waals surface area contributed by atoms with E-state index in [0.29, 0.717) is 0 Å². The van der Waals surface area contributed by atoms with Gasteiger partial charge in [-0.1, -0.05) is 35.9 Å². The van der Waals surface area contributed by atoms with Gasteiger partial charge in [0.25, 0.3) is 0 Å². The molecule has 1 unspecified atom stereocenters. The van der Waals surface area contributed by atoms with Gasteiger partial charge in [-0.25, -0.2) is 0 Å². The molecule has 0 fully saturated rings. The van der Waals surface area contributed by atoms with Gasteiger partial charge in [0.05, 0.1) is 7.11 Å². The molecule has 20 heavy (non-hydrogen) atoms. The average Bonchev–Trinajstić information content (AvgIpc) is 2.46. The molecule has 0 spiro atoms. The summed E-state index contributed by atoms with van der Waals surface area (Å²) in [6, 6.07) is 15.9. The topological polar surface area (TPSA) is 35.2 Å². The van der Waals surface area contributed by atoms with Crippen molar-refractivity contribution in [1.29, 1.82) is 0 Å². The van der Waals surface area contributed by atoms with Gasteiger partial charge in [0.15, 0.2) is 0 Å². The molecule has 0 aliphatic heterocycles. The van der Waals surface area contributed by atoms with Crippen LogP contribution in [0.4, 0.5) is 0 Å². The normalized spacial score (nSPS) is 11.6. The second-order valence-corrected chi connectivity index (χ2v) is 4.98. The second-order valence-electron chi connectivity index (χ2n) is 4.54. The Balaban J connectivity index is 0.00000200. The molecule has 0 saturated heterocycles. The van der Waals surface area contributed by atoms with Crippen molar-refractivity contribution >= 4 is 24.0 Å². The van der Waals surface area contributed by atoms with E-state index in [0.717, 1.165) is 29.2 Å². The lowest BCUT2D eigenvalue weighted by atomic mass is 10.00. The summed E-state index contributed by atoms with van der Waals surface area (Å²) in [6.45, 7) is 0. The molecular weight excluding hydrogens is 293 g/mol. The summed E-state index contributed by atoms with van der Waals surface area (Å²) in [4.78, 5) is 0. The highest BCUT2D eigenvalue weighted by molar-refractivity contribution is 6.30. The van der Waals surface area contributed by atoms with Crippen LogP contribution >= 0.6 is 24.0 Å². The Bertz CT molecular complexity index is 511. The standard InChI is InChI=1S/C16H18ClNO.ClH/c1-19-15-9-2-12(3-10-15)4-11-16(18)13-5-7-14(17)8-6-13;/h2-3,5-10,16H,4,11,18H2,1H3;1H. The highest BCUT2D eigenvalue weighted by Gasteiger charge is 2.06. The molecule has 0 heterocycles. The number of ether oxygens (including phenoxy) is 1. The molecule has 0 aliphatic rings. The predicted octanol–water partition coefficient (Wildman–Crippen LogP) is 4.40. The second kappa shape index (κ2) is 8.15. The van der Waals surface area contributed by atoms with Gasteiger partial charge in [0.2, 0.25) is 0 Å². The van der Waals surface area contributed by atoms with Crippen molar-refractivity contribution in [3.63, 3.8) is 0 Å². The Hall–Kier alpha value is -1.22. The van der Waals surface area contributed by atoms with E-state index >= 15 is 0 Å². The van der Waals surface area contributed by atoms with Gasteiger partial charge in [-0.15, -0.1) is 12.4 Å². The van der Waals surface area contributed by atoms with E-state index in [9.17, 15) is 0 Å². The third-order valence-electron chi connectivity index (χ3n) is 3.20. The zero-order valence-electron chi connectivity index (χ0n) is 11.4. The lowest BCUT2D eigenvalue weighted by molar-refractivity contribution is 0.414. The van der Waals surface area contributed by atoms with Gasteiger partial charge in [-0.2, -0.15) is 0 Å². The molecule has 4 heteroatoms. The minimum Gasteiger partial charge on any atom is -0.497 e. The van der Waals surface area contributed by atoms with Gasteiger partial charge >= 0.3 is 0 Å². The van der Waals surface area contributed by atoms with E-state index in [2.05, 4.69) is 12.1 Å². The number of benzene rings is 2. The van der Waals surface area contributed by atoms with Crippen LogP contribution in [0.15, 0.2) is 48.5 Å². The Labute approximate surface area is 131 Å². The van der Waals surface area contributed by atoms with Crippen LogP contribution in [0.1, 0.15) is 23.6 Å². The lowest BCUT2D eigenvalue weighted by Crippen LogP contribution is -2.11. The van der Waals surface area contributed by atoms with E-state index in [1.165, 1.54) is 5.56 Å². The van der Waals surface area contributed by atoms with Gasteiger partial charge < -0.3 is 10.5 Å². The fourth-order valence-electron chi connectivity index (χ4n) is 1.99. The average molecular weight is 312 g/mol. The van der Waals surface area contributed by atoms with Crippen LogP contribution < -0.4 is 10.5 Å². The van der Waals surface area contributed by atoms with E-state index in [4.69, 9.17) is 22.1 Å². The number of aryl methyl sites for hydroxylation is 1. The summed E-state index contributed by atoms with van der Waals surface area (Å²) in [7, 11) is 1.67. The van der Waals surface area contributed by atoms with Crippen LogP contribution in [-0.2, 0) is 6.42 Å². The molecule has 0 saturated carbocycles. The maximum absolute atomic E-state index is 6.18. The SMILES string of the molecule is COc1ccc(CCC(N)c2ccc(Cl)cc2)cc1.Cl. The largest absolute Gasteiger partial charge is 0.497 e. The Morgan fingerprint density at radius 2 is 1.65 bits per heavy atom. The van der Waals surface area contributed by atoms with Crippen molar-refractivity contribution in [2.45, 2.75) is 18.9 Å². The number of rotatable bonds is 5. The van der Waals surface area contributed by atoms with E-state index in [1.807, 2.05) is 36.4 Å². The molecule has 1 atom stereocenters. The van der Waals surface area contributed by atoms with Crippen molar-refractivity contribution in [1.82, 2.24) is 0 Å². The molecule has 0 radical (unpaired) electrons. The fourth-order valence-corrected chi connectivity index (χ4v) is 2.12. The van der Waals surface area contributed by atoms with Gasteiger partial charge in [0.1, 0.15) is 5.75 Å². The minimum absolute atomic E-state index is 0. The number of halogens is 2. The number of nitrogens with two attached hydrogens (primary N) is 1. The molecule has 2 rings (SSSR count). The fraction of sp³-hybridized carbons (Fsp3) is 0.250. The summed E-state index contributed by atoms with van der Waals surface area (Å²) in [6.07, 6.45) is 1.86. The minimum atomic E-state index is 0. The first-order chi connectivity index (χ1) is 9.19. The van der Waals surface area contributed by atoms with Gasteiger partial charge in [-0.3, -0.25) is 0 Å². The molecular formula is C16H19Cl2NO. The van der Waals surface area contributed by atoms with Crippen LogP contribution in [0.25, 0.3) is 0 Å². The zero-order valence-corrected chi connectivity index (χ0v) is 13.0. The number of hydrogen-bond donors (Lipinski definition) is 1. The first-order valence-electron chi connectivity index (χ1n) is 6.33. The van der Waals surface area contributed by atoms with Crippen LogP contribution in [0.2, 0.25) is 5.02 Å². The number of methoxy groups -OCH3 is 1. The smallest absolute Gasteiger partial charge is 0.118 e. The summed E-state index contributed by atoms with van der Waals surface area (Å²) in [5.41, 5.74) is 8.57. The van der Waals surface area contributed by atoms with E-state index in [-0.39, 0.29) is 18.4 Å². The molecule has 0 aliphatic carbocycles. The van der Waals surface area contributed by atoms with Crippen molar-refractivity contribution in [2.24, 2.45) is 5.73 Å². The van der Waals surface area contributed by atoms with Crippen LogP contribution in [-0.4, -0.2) is 7.11 Å². The molecule has 0 aromatic heterocycles. The Kier molecular flexibility index (Phi) is 6.86. The summed E-state index contributed by atoms with van der Waals surface area (Å²) in [5.74, 6) is 0.880. The molecule has 0 bridgehead atoms. The van der Waals surface area contributed by atoms with Gasteiger partial charge in [0, 0.05) is 11.1 Å². The van der Waals surface area contributed by atoms with E-state index < -0.39 is 0 Å². The molecule has 108 valence electrons. The maximum Gasteiger partial charge on any atom is 0.118 e. The molecule has 0 amide bonds. The molecule has 2 N–H and O–H groups in total. The summed E-state index contributed by atoms with van der Waals surface area (Å²) in [5, 5.41) is 0.742. The van der Waals surface area contributed by atoms with Crippen molar-refractivity contribution < 1.29 is 4.74 Å². The summed E-state index contributed by atoms with van der Waals surface area (Å²) < 4.78 is 5.14. The molecule has 2 aromatic rings. The Morgan fingerprint density at radius 1 is 1.05 bits per heavy atom. The highest BCUT2D eigenvalue weighted by Crippen LogP contribution is 2.20. The monoisotopic (exact) mass is 311 g/mol. The van der Waals surface area contributed by atoms with E-state index in [1.54, 1.807) is 7.11 Å². The van der Waals surface area contributed by atoms with Crippen molar-refractivity contribution in [3.05, 3.63) is 64.7 Å². The van der Waals surface area contributed by atoms with Crippen LogP contribution in [0.3, 0.4) is 0 Å². The summed E-state index contributed by atoms with van der Waals surface area (Å²) >= 11 is 5.87. The lowest BCUT2D eigenvalue weighted by Gasteiger charge is -2.12. The van der Waals surface area contributed by atoms with Crippen molar-refractivity contribution in [2.75, 3.05) is 7.11 Å².